The second-order valence-electron chi connectivity index (χ2n) is 6.58. The van der Waals surface area contributed by atoms with Gasteiger partial charge in [0.05, 0.1) is 11.0 Å². The van der Waals surface area contributed by atoms with Gasteiger partial charge in [0.1, 0.15) is 0 Å². The van der Waals surface area contributed by atoms with Crippen molar-refractivity contribution in [1.82, 2.24) is 5.32 Å². The molecular weight excluding hydrogens is 296 g/mol. The van der Waals surface area contributed by atoms with Crippen LogP contribution in [0.1, 0.15) is 33.3 Å². The molecule has 2 N–H and O–H groups in total. The van der Waals surface area contributed by atoms with E-state index >= 15 is 0 Å². The second kappa shape index (κ2) is 7.87. The molecule has 0 aliphatic heterocycles. The number of rotatable bonds is 7. The number of carbonyl (C=O) groups excluding carboxylic acids is 1. The van der Waals surface area contributed by atoms with Crippen LogP contribution in [-0.2, 0) is 4.79 Å². The van der Waals surface area contributed by atoms with E-state index in [0.717, 1.165) is 0 Å². The largest absolute Gasteiger partial charge is 0.392 e. The summed E-state index contributed by atoms with van der Waals surface area (Å²) in [7, 11) is 0. The lowest BCUT2D eigenvalue weighted by Crippen LogP contribution is -2.43. The number of nitro benzene ring substituents is 1. The molecule has 23 heavy (non-hydrogen) atoms. The summed E-state index contributed by atoms with van der Waals surface area (Å²) in [6.45, 7) is 7.97. The van der Waals surface area contributed by atoms with Crippen molar-refractivity contribution in [2.24, 2.45) is 11.3 Å². The van der Waals surface area contributed by atoms with Crippen molar-refractivity contribution in [2.45, 2.75) is 33.8 Å². The van der Waals surface area contributed by atoms with Crippen LogP contribution >= 0.6 is 0 Å². The van der Waals surface area contributed by atoms with Gasteiger partial charge in [-0.2, -0.15) is 0 Å². The van der Waals surface area contributed by atoms with Crippen LogP contribution in [0.25, 0.3) is 6.08 Å². The Morgan fingerprint density at radius 1 is 1.43 bits per heavy atom. The van der Waals surface area contributed by atoms with Crippen molar-refractivity contribution in [1.29, 1.82) is 0 Å². The van der Waals surface area contributed by atoms with Crippen LogP contribution in [0.4, 0.5) is 5.69 Å². The molecule has 1 rings (SSSR count). The molecule has 0 aromatic heterocycles. The van der Waals surface area contributed by atoms with Crippen molar-refractivity contribution in [3.8, 4) is 0 Å². The lowest BCUT2D eigenvalue weighted by molar-refractivity contribution is -0.384. The highest BCUT2D eigenvalue weighted by molar-refractivity contribution is 5.91. The Labute approximate surface area is 136 Å². The standard InChI is InChI=1S/C17H24N2O4/c1-12(2)16(21)17(3,4)11-18-15(20)9-8-13-6-5-7-14(10-13)19(22)23/h5-10,12,16,21H,11H2,1-4H3,(H,18,20)/b9-8+. The normalized spacial score (nSPS) is 13.3. The molecule has 0 spiro atoms. The summed E-state index contributed by atoms with van der Waals surface area (Å²) in [5, 5.41) is 23.6. The first-order valence-electron chi connectivity index (χ1n) is 7.52. The monoisotopic (exact) mass is 320 g/mol. The van der Waals surface area contributed by atoms with Gasteiger partial charge >= 0.3 is 0 Å². The minimum atomic E-state index is -0.524. The van der Waals surface area contributed by atoms with Crippen molar-refractivity contribution in [2.75, 3.05) is 6.54 Å². The zero-order chi connectivity index (χ0) is 17.6. The van der Waals surface area contributed by atoms with Gasteiger partial charge in [0.25, 0.3) is 5.69 Å². The van der Waals surface area contributed by atoms with Crippen LogP contribution in [0.15, 0.2) is 30.3 Å². The molecule has 1 amide bonds. The molecule has 1 aromatic rings. The fraction of sp³-hybridized carbons (Fsp3) is 0.471. The van der Waals surface area contributed by atoms with Gasteiger partial charge in [0.2, 0.25) is 5.91 Å². The summed E-state index contributed by atoms with van der Waals surface area (Å²) in [5.41, 5.74) is 0.119. The molecule has 0 fully saturated rings. The van der Waals surface area contributed by atoms with E-state index in [1.165, 1.54) is 24.3 Å². The summed E-state index contributed by atoms with van der Waals surface area (Å²) in [4.78, 5) is 22.1. The van der Waals surface area contributed by atoms with Gasteiger partial charge in [-0.05, 0) is 17.6 Å². The SMILES string of the molecule is CC(C)C(O)C(C)(C)CNC(=O)/C=C/c1cccc([N+](=O)[O-])c1. The average Bonchev–Trinajstić information content (AvgIpc) is 2.50. The molecule has 0 saturated heterocycles. The molecule has 1 unspecified atom stereocenters. The van der Waals surface area contributed by atoms with Gasteiger partial charge < -0.3 is 10.4 Å². The fourth-order valence-electron chi connectivity index (χ4n) is 2.29. The molecule has 1 atom stereocenters. The third-order valence-electron chi connectivity index (χ3n) is 3.66. The van der Waals surface area contributed by atoms with Crippen molar-refractivity contribution in [3.63, 3.8) is 0 Å². The number of hydrogen-bond donors (Lipinski definition) is 2. The van der Waals surface area contributed by atoms with E-state index in [2.05, 4.69) is 5.32 Å². The number of non-ortho nitro benzene ring substituents is 1. The summed E-state index contributed by atoms with van der Waals surface area (Å²) < 4.78 is 0. The first-order chi connectivity index (χ1) is 10.6. The molecule has 0 aliphatic carbocycles. The van der Waals surface area contributed by atoms with Gasteiger partial charge in [-0.25, -0.2) is 0 Å². The van der Waals surface area contributed by atoms with Crippen molar-refractivity contribution < 1.29 is 14.8 Å². The third-order valence-corrected chi connectivity index (χ3v) is 3.66. The Morgan fingerprint density at radius 2 is 2.09 bits per heavy atom. The van der Waals surface area contributed by atoms with Crippen LogP contribution in [0, 0.1) is 21.4 Å². The molecule has 126 valence electrons. The van der Waals surface area contributed by atoms with Crippen molar-refractivity contribution >= 4 is 17.7 Å². The van der Waals surface area contributed by atoms with Crippen LogP contribution in [0.2, 0.25) is 0 Å². The zero-order valence-electron chi connectivity index (χ0n) is 13.9. The predicted octanol–water partition coefficient (Wildman–Crippen LogP) is 2.77. The maximum Gasteiger partial charge on any atom is 0.270 e. The summed E-state index contributed by atoms with van der Waals surface area (Å²) in [5.74, 6) is -0.206. The molecule has 0 aliphatic rings. The highest BCUT2D eigenvalue weighted by atomic mass is 16.6. The predicted molar refractivity (Wildman–Crippen MR) is 89.8 cm³/mol. The average molecular weight is 320 g/mol. The molecule has 0 heterocycles. The number of aliphatic hydroxyl groups is 1. The van der Waals surface area contributed by atoms with Crippen LogP contribution in [0.3, 0.4) is 0 Å². The van der Waals surface area contributed by atoms with E-state index in [1.54, 1.807) is 12.1 Å². The quantitative estimate of drug-likeness (QED) is 0.459. The molecule has 0 bridgehead atoms. The second-order valence-corrected chi connectivity index (χ2v) is 6.58. The molecule has 0 saturated carbocycles. The van der Waals surface area contributed by atoms with E-state index in [-0.39, 0.29) is 17.5 Å². The van der Waals surface area contributed by atoms with E-state index in [9.17, 15) is 20.0 Å². The fourth-order valence-corrected chi connectivity index (χ4v) is 2.29. The number of nitrogens with one attached hydrogen (secondary N) is 1. The number of hydrogen-bond acceptors (Lipinski definition) is 4. The molecular formula is C17H24N2O4. The summed E-state index contributed by atoms with van der Waals surface area (Å²) in [6.07, 6.45) is 2.33. The Kier molecular flexibility index (Phi) is 6.45. The number of benzene rings is 1. The maximum atomic E-state index is 11.9. The summed E-state index contributed by atoms with van der Waals surface area (Å²) >= 11 is 0. The lowest BCUT2D eigenvalue weighted by atomic mass is 9.81. The van der Waals surface area contributed by atoms with E-state index in [0.29, 0.717) is 12.1 Å². The first kappa shape index (κ1) is 18.8. The smallest absolute Gasteiger partial charge is 0.270 e. The minimum Gasteiger partial charge on any atom is -0.392 e. The van der Waals surface area contributed by atoms with Gasteiger partial charge in [-0.1, -0.05) is 39.8 Å². The zero-order valence-corrected chi connectivity index (χ0v) is 13.9. The number of aliphatic hydroxyl groups excluding tert-OH is 1. The number of nitrogens with zero attached hydrogens (tertiary/aromatic N) is 1. The third kappa shape index (κ3) is 5.83. The maximum absolute atomic E-state index is 11.9. The van der Waals surface area contributed by atoms with Crippen LogP contribution in [0.5, 0.6) is 0 Å². The van der Waals surface area contributed by atoms with Gasteiger partial charge in [0, 0.05) is 30.2 Å². The number of amides is 1. The van der Waals surface area contributed by atoms with Crippen molar-refractivity contribution in [3.05, 3.63) is 46.0 Å². The van der Waals surface area contributed by atoms with Gasteiger partial charge in [-0.15, -0.1) is 0 Å². The molecule has 6 heteroatoms. The van der Waals surface area contributed by atoms with E-state index < -0.39 is 16.4 Å². The first-order valence-corrected chi connectivity index (χ1v) is 7.52. The van der Waals surface area contributed by atoms with Crippen LogP contribution < -0.4 is 5.32 Å². The molecule has 6 nitrogen and oxygen atoms in total. The molecule has 0 radical (unpaired) electrons. The highest BCUT2D eigenvalue weighted by Gasteiger charge is 2.30. The molecule has 1 aromatic carbocycles. The Morgan fingerprint density at radius 3 is 2.65 bits per heavy atom. The summed E-state index contributed by atoms with van der Waals surface area (Å²) in [6, 6.07) is 6.05. The minimum absolute atomic E-state index is 0.0197. The van der Waals surface area contributed by atoms with E-state index in [1.807, 2.05) is 27.7 Å². The Hall–Kier alpha value is -2.21. The van der Waals surface area contributed by atoms with Gasteiger partial charge in [-0.3, -0.25) is 14.9 Å². The Bertz CT molecular complexity index is 594. The number of nitro groups is 1. The number of carbonyl (C=O) groups is 1. The topological polar surface area (TPSA) is 92.5 Å². The van der Waals surface area contributed by atoms with Crippen LogP contribution in [-0.4, -0.2) is 28.6 Å². The highest BCUT2D eigenvalue weighted by Crippen LogP contribution is 2.25. The lowest BCUT2D eigenvalue weighted by Gasteiger charge is -2.33. The Balaban J connectivity index is 2.63. The van der Waals surface area contributed by atoms with E-state index in [4.69, 9.17) is 0 Å². The van der Waals surface area contributed by atoms with Gasteiger partial charge in [0.15, 0.2) is 0 Å².